The van der Waals surface area contributed by atoms with E-state index in [9.17, 15) is 14.4 Å². The molecule has 4 rings (SSSR count). The molecule has 33 heavy (non-hydrogen) atoms. The van der Waals surface area contributed by atoms with Gasteiger partial charge in [-0.05, 0) is 41.8 Å². The maximum absolute atomic E-state index is 13.3. The van der Waals surface area contributed by atoms with E-state index >= 15 is 0 Å². The molecule has 0 saturated carbocycles. The Morgan fingerprint density at radius 3 is 2.64 bits per heavy atom. The van der Waals surface area contributed by atoms with Crippen molar-refractivity contribution in [3.8, 4) is 5.75 Å². The van der Waals surface area contributed by atoms with Gasteiger partial charge in [0.1, 0.15) is 11.8 Å². The summed E-state index contributed by atoms with van der Waals surface area (Å²) in [5, 5.41) is 8.33. The molecule has 1 saturated heterocycles. The van der Waals surface area contributed by atoms with Crippen molar-refractivity contribution in [3.05, 3.63) is 71.8 Å². The van der Waals surface area contributed by atoms with E-state index < -0.39 is 6.04 Å². The number of carbonyl (C=O) groups is 3. The van der Waals surface area contributed by atoms with E-state index in [4.69, 9.17) is 4.74 Å². The first kappa shape index (κ1) is 22.1. The second kappa shape index (κ2) is 9.60. The van der Waals surface area contributed by atoms with Crippen LogP contribution in [-0.2, 0) is 4.79 Å². The number of fused-ring (bicyclic) bond motifs is 2. The summed E-state index contributed by atoms with van der Waals surface area (Å²) in [7, 11) is 1.62. The first-order valence-electron chi connectivity index (χ1n) is 10.7. The third-order valence-corrected chi connectivity index (χ3v) is 5.72. The molecule has 4 amide bonds. The van der Waals surface area contributed by atoms with Crippen LogP contribution in [0.25, 0.3) is 12.2 Å². The number of nitrogens with zero attached hydrogens (tertiary/aromatic N) is 1. The molecule has 8 nitrogen and oxygen atoms in total. The van der Waals surface area contributed by atoms with Gasteiger partial charge in [-0.25, -0.2) is 4.79 Å². The summed E-state index contributed by atoms with van der Waals surface area (Å²) < 4.78 is 5.18. The summed E-state index contributed by atoms with van der Waals surface area (Å²) in [5.74, 6) is 0.299. The molecule has 0 bridgehead atoms. The van der Waals surface area contributed by atoms with Crippen LogP contribution in [0.4, 0.5) is 10.5 Å². The monoisotopic (exact) mass is 446 g/mol. The molecule has 170 valence electrons. The fraction of sp³-hybridized carbons (Fsp3) is 0.240. The smallest absolute Gasteiger partial charge is 0.315 e. The Morgan fingerprint density at radius 2 is 1.91 bits per heavy atom. The van der Waals surface area contributed by atoms with Crippen LogP contribution in [0.15, 0.2) is 55.1 Å². The second-order valence-electron chi connectivity index (χ2n) is 7.95. The first-order chi connectivity index (χ1) is 16.0. The minimum absolute atomic E-state index is 0.233. The Balaban J connectivity index is 1.51. The predicted molar refractivity (Wildman–Crippen MR) is 127 cm³/mol. The van der Waals surface area contributed by atoms with Gasteiger partial charge in [-0.2, -0.15) is 0 Å². The Kier molecular flexibility index (Phi) is 6.44. The molecule has 2 aliphatic heterocycles. The van der Waals surface area contributed by atoms with Crippen molar-refractivity contribution < 1.29 is 19.1 Å². The number of methoxy groups -OCH3 is 1. The predicted octanol–water partition coefficient (Wildman–Crippen LogP) is 2.89. The molecular weight excluding hydrogens is 420 g/mol. The zero-order valence-electron chi connectivity index (χ0n) is 18.3. The highest BCUT2D eigenvalue weighted by atomic mass is 16.5. The van der Waals surface area contributed by atoms with Crippen molar-refractivity contribution >= 4 is 35.7 Å². The van der Waals surface area contributed by atoms with Crippen LogP contribution in [0.3, 0.4) is 0 Å². The molecule has 2 atom stereocenters. The molecule has 1 fully saturated rings. The van der Waals surface area contributed by atoms with Crippen LogP contribution < -0.4 is 20.7 Å². The van der Waals surface area contributed by atoms with Crippen LogP contribution >= 0.6 is 0 Å². The third kappa shape index (κ3) is 4.90. The van der Waals surface area contributed by atoms with Gasteiger partial charge >= 0.3 is 6.03 Å². The van der Waals surface area contributed by atoms with Gasteiger partial charge in [-0.3, -0.25) is 9.59 Å². The highest BCUT2D eigenvalue weighted by Crippen LogP contribution is 2.30. The average molecular weight is 447 g/mol. The summed E-state index contributed by atoms with van der Waals surface area (Å²) >= 11 is 0. The SMILES string of the molecule is C=CCNC(=O)N[C@H]1C[C@H]2C(=O)Nc3ccc(/C=C/c4ccc(OC)cc4)cc3C(=O)N2C1. The number of ether oxygens (including phenoxy) is 1. The molecule has 3 N–H and O–H groups in total. The molecular formula is C25H26N4O4. The highest BCUT2D eigenvalue weighted by molar-refractivity contribution is 6.10. The van der Waals surface area contributed by atoms with Gasteiger partial charge in [0.05, 0.1) is 24.4 Å². The lowest BCUT2D eigenvalue weighted by Crippen LogP contribution is -2.44. The second-order valence-corrected chi connectivity index (χ2v) is 7.95. The third-order valence-electron chi connectivity index (χ3n) is 5.72. The van der Waals surface area contributed by atoms with Crippen molar-refractivity contribution in [2.75, 3.05) is 25.5 Å². The molecule has 2 heterocycles. The minimum atomic E-state index is -0.632. The van der Waals surface area contributed by atoms with Crippen molar-refractivity contribution in [1.82, 2.24) is 15.5 Å². The van der Waals surface area contributed by atoms with Gasteiger partial charge in [-0.15, -0.1) is 6.58 Å². The van der Waals surface area contributed by atoms with Gasteiger partial charge in [-0.1, -0.05) is 36.4 Å². The van der Waals surface area contributed by atoms with Crippen molar-refractivity contribution in [2.45, 2.75) is 18.5 Å². The zero-order valence-corrected chi connectivity index (χ0v) is 18.3. The quantitative estimate of drug-likeness (QED) is 0.469. The first-order valence-corrected chi connectivity index (χ1v) is 10.7. The summed E-state index contributed by atoms with van der Waals surface area (Å²) in [4.78, 5) is 39.6. The summed E-state index contributed by atoms with van der Waals surface area (Å²) in [6.45, 7) is 4.17. The van der Waals surface area contributed by atoms with E-state index in [1.54, 1.807) is 25.3 Å². The van der Waals surface area contributed by atoms with Crippen molar-refractivity contribution in [1.29, 1.82) is 0 Å². The fourth-order valence-corrected chi connectivity index (χ4v) is 4.04. The number of amides is 4. The summed E-state index contributed by atoms with van der Waals surface area (Å²) in [6.07, 6.45) is 5.80. The van der Waals surface area contributed by atoms with Crippen LogP contribution in [0.5, 0.6) is 5.75 Å². The summed E-state index contributed by atoms with van der Waals surface area (Å²) in [5.41, 5.74) is 2.76. The average Bonchev–Trinajstić information content (AvgIpc) is 3.22. The van der Waals surface area contributed by atoms with E-state index in [0.717, 1.165) is 16.9 Å². The minimum Gasteiger partial charge on any atom is -0.497 e. The Labute approximate surface area is 192 Å². The van der Waals surface area contributed by atoms with Gasteiger partial charge < -0.3 is 25.6 Å². The lowest BCUT2D eigenvalue weighted by Gasteiger charge is -2.20. The maximum atomic E-state index is 13.3. The fourth-order valence-electron chi connectivity index (χ4n) is 4.04. The Morgan fingerprint density at radius 1 is 1.18 bits per heavy atom. The zero-order chi connectivity index (χ0) is 23.4. The van der Waals surface area contributed by atoms with Crippen molar-refractivity contribution in [2.24, 2.45) is 0 Å². The topological polar surface area (TPSA) is 99.8 Å². The van der Waals surface area contributed by atoms with Gasteiger partial charge in [0.2, 0.25) is 5.91 Å². The number of rotatable bonds is 6. The molecule has 2 aromatic rings. The van der Waals surface area contributed by atoms with E-state index in [0.29, 0.717) is 24.2 Å². The number of hydrogen-bond acceptors (Lipinski definition) is 4. The molecule has 2 aromatic carbocycles. The number of anilines is 1. The highest BCUT2D eigenvalue weighted by Gasteiger charge is 2.43. The number of urea groups is 1. The van der Waals surface area contributed by atoms with E-state index in [1.807, 2.05) is 42.5 Å². The van der Waals surface area contributed by atoms with Crippen LogP contribution in [0.1, 0.15) is 27.9 Å². The molecule has 0 unspecified atom stereocenters. The summed E-state index contributed by atoms with van der Waals surface area (Å²) in [6, 6.07) is 11.7. The molecule has 0 aliphatic carbocycles. The van der Waals surface area contributed by atoms with Gasteiger partial charge in [0.15, 0.2) is 0 Å². The standard InChI is InChI=1S/C25H26N4O4/c1-3-12-26-25(32)27-18-14-22-23(30)28-21-11-8-17(13-20(21)24(31)29(22)15-18)5-4-16-6-9-19(33-2)10-7-16/h3-11,13,18,22H,1,12,14-15H2,2H3,(H,28,30)(H2,26,27,32)/b5-4+/t18-,22-/m0/s1. The number of benzene rings is 2. The van der Waals surface area contributed by atoms with Gasteiger partial charge in [0, 0.05) is 13.1 Å². The van der Waals surface area contributed by atoms with Gasteiger partial charge in [0.25, 0.3) is 5.91 Å². The molecule has 0 aromatic heterocycles. The molecule has 2 aliphatic rings. The van der Waals surface area contributed by atoms with Crippen LogP contribution in [0.2, 0.25) is 0 Å². The number of hydrogen-bond donors (Lipinski definition) is 3. The molecule has 8 heteroatoms. The van der Waals surface area contributed by atoms with Crippen LogP contribution in [-0.4, -0.2) is 55.0 Å². The van der Waals surface area contributed by atoms with E-state index in [-0.39, 0.29) is 30.4 Å². The van der Waals surface area contributed by atoms with E-state index in [2.05, 4.69) is 22.5 Å². The lowest BCUT2D eigenvalue weighted by atomic mass is 10.1. The normalized spacial score (nSPS) is 19.4. The largest absolute Gasteiger partial charge is 0.497 e. The number of carbonyl (C=O) groups excluding carboxylic acids is 3. The van der Waals surface area contributed by atoms with Crippen molar-refractivity contribution in [3.63, 3.8) is 0 Å². The Hall–Kier alpha value is -4.07. The van der Waals surface area contributed by atoms with Crippen LogP contribution in [0, 0.1) is 0 Å². The molecule has 0 spiro atoms. The maximum Gasteiger partial charge on any atom is 0.315 e. The number of nitrogens with one attached hydrogen (secondary N) is 3. The lowest BCUT2D eigenvalue weighted by molar-refractivity contribution is -0.119. The Bertz CT molecular complexity index is 1110. The molecule has 0 radical (unpaired) electrons. The van der Waals surface area contributed by atoms with E-state index in [1.165, 1.54) is 4.90 Å².